The highest BCUT2D eigenvalue weighted by Crippen LogP contribution is 2.45. The van der Waals surface area contributed by atoms with Crippen LogP contribution in [0.3, 0.4) is 0 Å². The van der Waals surface area contributed by atoms with Crippen LogP contribution in [-0.2, 0) is 13.1 Å². The molecule has 2 amide bonds. The van der Waals surface area contributed by atoms with Gasteiger partial charge in [0.15, 0.2) is 11.5 Å². The van der Waals surface area contributed by atoms with Gasteiger partial charge in [-0.15, -0.1) is 0 Å². The molecule has 0 unspecified atom stereocenters. The molecule has 0 aliphatic carbocycles. The van der Waals surface area contributed by atoms with E-state index in [1.165, 1.54) is 0 Å². The zero-order valence-corrected chi connectivity index (χ0v) is 20.5. The molecule has 3 N–H and O–H groups in total. The molecular weight excluding hydrogens is 468 g/mol. The number of aromatic nitrogens is 1. The van der Waals surface area contributed by atoms with Crippen LogP contribution in [0.15, 0.2) is 79.1 Å². The lowest BCUT2D eigenvalue weighted by molar-refractivity contribution is 0.0766. The smallest absolute Gasteiger partial charge is 0.255 e. The molecule has 37 heavy (non-hydrogen) atoms. The number of ether oxygens (including phenoxy) is 2. The number of nitrogens with zero attached hydrogens (tertiary/aromatic N) is 2. The van der Waals surface area contributed by atoms with Gasteiger partial charge in [0.05, 0.1) is 25.6 Å². The number of nitrogens with one attached hydrogen (secondary N) is 1. The number of hydrogen-bond donors (Lipinski definition) is 2. The molecule has 0 atom stereocenters. The van der Waals surface area contributed by atoms with E-state index >= 15 is 0 Å². The third-order valence-electron chi connectivity index (χ3n) is 6.39. The molecule has 0 saturated heterocycles. The number of hydrogen-bond acceptors (Lipinski definition) is 6. The van der Waals surface area contributed by atoms with Crippen LogP contribution >= 0.6 is 0 Å². The summed E-state index contributed by atoms with van der Waals surface area (Å²) in [5, 5.41) is 2.82. The first-order valence-corrected chi connectivity index (χ1v) is 11.7. The number of fused-ring (bicyclic) bond motifs is 1. The van der Waals surface area contributed by atoms with Crippen LogP contribution in [0.5, 0.6) is 11.5 Å². The van der Waals surface area contributed by atoms with Crippen molar-refractivity contribution in [2.24, 2.45) is 0 Å². The summed E-state index contributed by atoms with van der Waals surface area (Å²) < 4.78 is 11.2. The fraction of sp³-hybridized carbons (Fsp3) is 0.138. The number of para-hydroxylation sites is 2. The minimum Gasteiger partial charge on any atom is -0.493 e. The molecule has 3 aromatic carbocycles. The van der Waals surface area contributed by atoms with Gasteiger partial charge in [0.2, 0.25) is 0 Å². The van der Waals surface area contributed by atoms with Crippen LogP contribution in [-0.4, -0.2) is 35.9 Å². The molecule has 186 valence electrons. The van der Waals surface area contributed by atoms with Gasteiger partial charge in [-0.2, -0.15) is 0 Å². The Balaban J connectivity index is 1.38. The molecule has 1 aromatic heterocycles. The van der Waals surface area contributed by atoms with Gasteiger partial charge in [0.1, 0.15) is 0 Å². The lowest BCUT2D eigenvalue weighted by Gasteiger charge is -2.17. The summed E-state index contributed by atoms with van der Waals surface area (Å²) in [7, 11) is 3.14. The van der Waals surface area contributed by atoms with E-state index < -0.39 is 0 Å². The van der Waals surface area contributed by atoms with Crippen molar-refractivity contribution in [2.75, 3.05) is 25.3 Å². The van der Waals surface area contributed by atoms with Gasteiger partial charge in [-0.1, -0.05) is 30.3 Å². The van der Waals surface area contributed by atoms with Crippen LogP contribution in [0.1, 0.15) is 31.8 Å². The van der Waals surface area contributed by atoms with Crippen molar-refractivity contribution in [1.29, 1.82) is 0 Å². The van der Waals surface area contributed by atoms with Gasteiger partial charge in [-0.3, -0.25) is 14.6 Å². The van der Waals surface area contributed by atoms with Crippen LogP contribution in [0, 0.1) is 0 Å². The van der Waals surface area contributed by atoms with Crippen molar-refractivity contribution in [3.63, 3.8) is 0 Å². The highest BCUT2D eigenvalue weighted by molar-refractivity contribution is 6.06. The predicted octanol–water partition coefficient (Wildman–Crippen LogP) is 4.76. The number of benzene rings is 3. The first-order valence-electron chi connectivity index (χ1n) is 11.7. The maximum Gasteiger partial charge on any atom is 0.255 e. The number of carbonyl (C=O) groups is 2. The number of amides is 2. The molecule has 1 aliphatic heterocycles. The Morgan fingerprint density at radius 1 is 1.05 bits per heavy atom. The number of methoxy groups -OCH3 is 2. The molecule has 8 nitrogen and oxygen atoms in total. The van der Waals surface area contributed by atoms with Gasteiger partial charge in [0.25, 0.3) is 11.8 Å². The molecule has 8 heteroatoms. The highest BCUT2D eigenvalue weighted by atomic mass is 16.5. The van der Waals surface area contributed by atoms with Crippen molar-refractivity contribution >= 4 is 23.2 Å². The summed E-state index contributed by atoms with van der Waals surface area (Å²) in [6.45, 7) is 0.798. The minimum atomic E-state index is -0.255. The van der Waals surface area contributed by atoms with Gasteiger partial charge in [-0.25, -0.2) is 0 Å². The Kier molecular flexibility index (Phi) is 6.47. The summed E-state index contributed by atoms with van der Waals surface area (Å²) in [5.74, 6) is 0.708. The van der Waals surface area contributed by atoms with Gasteiger partial charge < -0.3 is 25.4 Å². The molecule has 2 heterocycles. The maximum absolute atomic E-state index is 13.4. The first kappa shape index (κ1) is 23.9. The van der Waals surface area contributed by atoms with Crippen molar-refractivity contribution in [3.8, 4) is 22.6 Å². The van der Waals surface area contributed by atoms with Crippen LogP contribution in [0.4, 0.5) is 11.4 Å². The van der Waals surface area contributed by atoms with Crippen molar-refractivity contribution in [1.82, 2.24) is 9.88 Å². The van der Waals surface area contributed by atoms with E-state index in [9.17, 15) is 9.59 Å². The molecule has 0 saturated carbocycles. The largest absolute Gasteiger partial charge is 0.493 e. The van der Waals surface area contributed by atoms with E-state index in [1.807, 2.05) is 36.4 Å². The molecule has 0 spiro atoms. The van der Waals surface area contributed by atoms with Crippen LogP contribution in [0.2, 0.25) is 0 Å². The van der Waals surface area contributed by atoms with E-state index in [1.54, 1.807) is 61.8 Å². The number of carbonyl (C=O) groups excluding carboxylic acids is 2. The third-order valence-corrected chi connectivity index (χ3v) is 6.39. The molecule has 0 radical (unpaired) electrons. The first-order chi connectivity index (χ1) is 18.0. The molecule has 5 rings (SSSR count). The summed E-state index contributed by atoms with van der Waals surface area (Å²) in [6, 6.07) is 19.8. The second-order valence-corrected chi connectivity index (χ2v) is 8.65. The zero-order chi connectivity index (χ0) is 25.9. The highest BCUT2D eigenvalue weighted by Gasteiger charge is 2.33. The van der Waals surface area contributed by atoms with E-state index in [2.05, 4.69) is 10.3 Å². The molecule has 0 bridgehead atoms. The van der Waals surface area contributed by atoms with Gasteiger partial charge in [0, 0.05) is 47.7 Å². The Morgan fingerprint density at radius 3 is 2.51 bits per heavy atom. The second kappa shape index (κ2) is 10.0. The van der Waals surface area contributed by atoms with E-state index in [0.717, 1.165) is 22.3 Å². The monoisotopic (exact) mass is 494 g/mol. The average molecular weight is 495 g/mol. The Hall–Kier alpha value is -4.85. The Morgan fingerprint density at radius 2 is 1.84 bits per heavy atom. The zero-order valence-electron chi connectivity index (χ0n) is 20.5. The fourth-order valence-electron chi connectivity index (χ4n) is 4.55. The fourth-order valence-corrected chi connectivity index (χ4v) is 4.55. The minimum absolute atomic E-state index is 0.0949. The Bertz CT molecular complexity index is 1470. The standard InChI is InChI=1S/C29H26N4O4/c1-36-25-14-21-22(26(27(25)37-2)20-6-5-13-31-15-20)17-33(29(21)35)16-18-9-11-19(12-10-18)28(34)32-24-8-4-3-7-23(24)30/h3-15H,16-17,30H2,1-2H3,(H,32,34). The SMILES string of the molecule is COc1cc2c(c(-c3cccnc3)c1OC)CN(Cc1ccc(C(=O)Nc3ccccc3N)cc1)C2=O. The van der Waals surface area contributed by atoms with E-state index in [0.29, 0.717) is 47.1 Å². The number of nitrogens with two attached hydrogens (primary N) is 1. The third kappa shape index (κ3) is 4.56. The van der Waals surface area contributed by atoms with Crippen molar-refractivity contribution < 1.29 is 19.1 Å². The van der Waals surface area contributed by atoms with Crippen molar-refractivity contribution in [3.05, 3.63) is 101 Å². The van der Waals surface area contributed by atoms with Crippen LogP contribution in [0.25, 0.3) is 11.1 Å². The number of nitrogen functional groups attached to an aromatic ring is 1. The van der Waals surface area contributed by atoms with Gasteiger partial charge in [-0.05, 0) is 47.5 Å². The maximum atomic E-state index is 13.4. The lowest BCUT2D eigenvalue weighted by atomic mass is 9.96. The normalized spacial score (nSPS) is 12.3. The summed E-state index contributed by atoms with van der Waals surface area (Å²) >= 11 is 0. The topological polar surface area (TPSA) is 107 Å². The van der Waals surface area contributed by atoms with E-state index in [4.69, 9.17) is 15.2 Å². The number of pyridine rings is 1. The summed E-state index contributed by atoms with van der Waals surface area (Å²) in [4.78, 5) is 32.1. The van der Waals surface area contributed by atoms with Crippen molar-refractivity contribution in [2.45, 2.75) is 13.1 Å². The molecule has 0 fully saturated rings. The number of anilines is 2. The van der Waals surface area contributed by atoms with Gasteiger partial charge >= 0.3 is 0 Å². The summed E-state index contributed by atoms with van der Waals surface area (Å²) in [6.07, 6.45) is 3.45. The Labute approximate surface area is 214 Å². The molecular formula is C29H26N4O4. The second-order valence-electron chi connectivity index (χ2n) is 8.65. The molecule has 1 aliphatic rings. The average Bonchev–Trinajstić information content (AvgIpc) is 3.23. The lowest BCUT2D eigenvalue weighted by Crippen LogP contribution is -2.23. The van der Waals surface area contributed by atoms with E-state index in [-0.39, 0.29) is 11.8 Å². The predicted molar refractivity (Wildman–Crippen MR) is 142 cm³/mol. The van der Waals surface area contributed by atoms with Crippen LogP contribution < -0.4 is 20.5 Å². The quantitative estimate of drug-likeness (QED) is 0.359. The molecule has 4 aromatic rings. The summed E-state index contributed by atoms with van der Waals surface area (Å²) in [5.41, 5.74) is 11.5. The number of rotatable bonds is 7.